The van der Waals surface area contributed by atoms with E-state index in [1.807, 2.05) is 24.3 Å². The zero-order valence-electron chi connectivity index (χ0n) is 18.6. The number of amides is 1. The van der Waals surface area contributed by atoms with Crippen molar-refractivity contribution in [2.75, 3.05) is 38.1 Å². The van der Waals surface area contributed by atoms with Gasteiger partial charge in [0.05, 0.1) is 30.4 Å². The molecule has 0 radical (unpaired) electrons. The maximum atomic E-state index is 12.4. The van der Waals surface area contributed by atoms with Crippen LogP contribution in [0.2, 0.25) is 5.02 Å². The lowest BCUT2D eigenvalue weighted by Crippen LogP contribution is -2.26. The minimum Gasteiger partial charge on any atom is -0.495 e. The smallest absolute Gasteiger partial charge is 0.226 e. The van der Waals surface area contributed by atoms with Crippen molar-refractivity contribution >= 4 is 39.9 Å². The minimum absolute atomic E-state index is 0.0585. The average Bonchev–Trinajstić information content (AvgIpc) is 2.81. The predicted octanol–water partition coefficient (Wildman–Crippen LogP) is 3.82. The summed E-state index contributed by atoms with van der Waals surface area (Å²) in [6, 6.07) is 7.40. The fraction of sp³-hybridized carbons (Fsp3) is 0.348. The topological polar surface area (TPSA) is 96.8 Å². The van der Waals surface area contributed by atoms with E-state index >= 15 is 0 Å². The van der Waals surface area contributed by atoms with E-state index in [2.05, 4.69) is 15.3 Å². The standard InChI is InChI=1S/C23H27ClN4O4/c1-5-20(30)28(2)18-11-16-21(15(8-9-29)22(18)32-4)26-13-27-23(16)25-12-14-6-7-19(31-3)17(24)10-14/h6-7,10-11,13,29H,5,8-9,12H2,1-4H3,(H,25,26,27). The Balaban J connectivity index is 2.08. The van der Waals surface area contributed by atoms with Crippen molar-refractivity contribution in [3.05, 3.63) is 46.7 Å². The van der Waals surface area contributed by atoms with Gasteiger partial charge in [-0.1, -0.05) is 24.6 Å². The summed E-state index contributed by atoms with van der Waals surface area (Å²) in [6.45, 7) is 2.19. The van der Waals surface area contributed by atoms with Crippen molar-refractivity contribution in [3.8, 4) is 11.5 Å². The molecular weight excluding hydrogens is 432 g/mol. The number of methoxy groups -OCH3 is 2. The van der Waals surface area contributed by atoms with Crippen LogP contribution in [0, 0.1) is 0 Å². The van der Waals surface area contributed by atoms with Crippen LogP contribution in [0.3, 0.4) is 0 Å². The van der Waals surface area contributed by atoms with Crippen LogP contribution in [0.4, 0.5) is 11.5 Å². The van der Waals surface area contributed by atoms with E-state index < -0.39 is 0 Å². The molecule has 3 aromatic rings. The van der Waals surface area contributed by atoms with Crippen LogP contribution >= 0.6 is 11.6 Å². The molecule has 0 unspecified atom stereocenters. The van der Waals surface area contributed by atoms with Crippen LogP contribution in [-0.2, 0) is 17.8 Å². The van der Waals surface area contributed by atoms with Crippen molar-refractivity contribution in [2.24, 2.45) is 0 Å². The number of hydrogen-bond acceptors (Lipinski definition) is 7. The molecule has 1 aromatic heterocycles. The summed E-state index contributed by atoms with van der Waals surface area (Å²) in [5.41, 5.74) is 2.92. The number of ether oxygens (including phenoxy) is 2. The van der Waals surface area contributed by atoms with E-state index in [0.29, 0.717) is 52.9 Å². The lowest BCUT2D eigenvalue weighted by molar-refractivity contribution is -0.118. The highest BCUT2D eigenvalue weighted by molar-refractivity contribution is 6.32. The molecule has 1 amide bonds. The Labute approximate surface area is 192 Å². The van der Waals surface area contributed by atoms with Gasteiger partial charge in [-0.2, -0.15) is 0 Å². The number of carbonyl (C=O) groups excluding carboxylic acids is 1. The Bertz CT molecular complexity index is 1120. The Hall–Kier alpha value is -3.10. The van der Waals surface area contributed by atoms with Gasteiger partial charge in [0.2, 0.25) is 5.91 Å². The zero-order valence-corrected chi connectivity index (χ0v) is 19.4. The first kappa shape index (κ1) is 23.6. The number of halogens is 1. The summed E-state index contributed by atoms with van der Waals surface area (Å²) < 4.78 is 10.8. The number of carbonyl (C=O) groups is 1. The minimum atomic E-state index is -0.0858. The van der Waals surface area contributed by atoms with Gasteiger partial charge < -0.3 is 24.8 Å². The lowest BCUT2D eigenvalue weighted by atomic mass is 10.0. The summed E-state index contributed by atoms with van der Waals surface area (Å²) in [5.74, 6) is 1.67. The van der Waals surface area contributed by atoms with Crippen LogP contribution in [0.5, 0.6) is 11.5 Å². The van der Waals surface area contributed by atoms with E-state index in [-0.39, 0.29) is 12.5 Å². The van der Waals surface area contributed by atoms with Gasteiger partial charge in [-0.15, -0.1) is 0 Å². The van der Waals surface area contributed by atoms with Gasteiger partial charge in [-0.05, 0) is 23.8 Å². The first-order chi connectivity index (χ1) is 15.4. The van der Waals surface area contributed by atoms with Crippen molar-refractivity contribution in [3.63, 3.8) is 0 Å². The SMILES string of the molecule is CCC(=O)N(C)c1cc2c(NCc3ccc(OC)c(Cl)c3)ncnc2c(CCO)c1OC. The number of fused-ring (bicyclic) bond motifs is 1. The van der Waals surface area contributed by atoms with Crippen molar-refractivity contribution < 1.29 is 19.4 Å². The molecule has 0 aliphatic carbocycles. The van der Waals surface area contributed by atoms with E-state index in [1.165, 1.54) is 6.33 Å². The first-order valence-corrected chi connectivity index (χ1v) is 10.6. The number of nitrogens with zero attached hydrogens (tertiary/aromatic N) is 3. The monoisotopic (exact) mass is 458 g/mol. The van der Waals surface area contributed by atoms with Crippen molar-refractivity contribution in [1.29, 1.82) is 0 Å². The number of nitrogens with one attached hydrogen (secondary N) is 1. The predicted molar refractivity (Wildman–Crippen MR) is 126 cm³/mol. The largest absolute Gasteiger partial charge is 0.495 e. The number of rotatable bonds is 9. The Morgan fingerprint density at radius 1 is 1.22 bits per heavy atom. The van der Waals surface area contributed by atoms with Crippen LogP contribution < -0.4 is 19.7 Å². The van der Waals surface area contributed by atoms with Crippen LogP contribution in [-0.4, -0.2) is 48.9 Å². The van der Waals surface area contributed by atoms with Gasteiger partial charge in [-0.25, -0.2) is 9.97 Å². The van der Waals surface area contributed by atoms with Crippen LogP contribution in [0.25, 0.3) is 10.9 Å². The molecule has 0 saturated heterocycles. The third kappa shape index (κ3) is 4.71. The second-order valence-electron chi connectivity index (χ2n) is 7.13. The van der Waals surface area contributed by atoms with Gasteiger partial charge in [0.1, 0.15) is 23.6 Å². The normalized spacial score (nSPS) is 10.8. The molecule has 9 heteroatoms. The summed E-state index contributed by atoms with van der Waals surface area (Å²) in [7, 11) is 4.82. The second kappa shape index (κ2) is 10.5. The van der Waals surface area contributed by atoms with E-state index in [1.54, 1.807) is 33.1 Å². The third-order valence-electron chi connectivity index (χ3n) is 5.24. The molecule has 0 bridgehead atoms. The first-order valence-electron chi connectivity index (χ1n) is 10.2. The fourth-order valence-corrected chi connectivity index (χ4v) is 3.86. The molecule has 0 spiro atoms. The number of aliphatic hydroxyl groups is 1. The zero-order chi connectivity index (χ0) is 23.3. The highest BCUT2D eigenvalue weighted by Gasteiger charge is 2.22. The number of benzene rings is 2. The Morgan fingerprint density at radius 3 is 2.62 bits per heavy atom. The van der Waals surface area contributed by atoms with Crippen LogP contribution in [0.15, 0.2) is 30.6 Å². The molecule has 0 fully saturated rings. The van der Waals surface area contributed by atoms with Gasteiger partial charge in [0, 0.05) is 44.0 Å². The summed E-state index contributed by atoms with van der Waals surface area (Å²) >= 11 is 6.24. The number of hydrogen-bond donors (Lipinski definition) is 2. The van der Waals surface area contributed by atoms with Crippen molar-refractivity contribution in [2.45, 2.75) is 26.3 Å². The highest BCUT2D eigenvalue weighted by Crippen LogP contribution is 2.39. The summed E-state index contributed by atoms with van der Waals surface area (Å²) in [4.78, 5) is 22.8. The van der Waals surface area contributed by atoms with E-state index in [4.69, 9.17) is 21.1 Å². The number of aromatic nitrogens is 2. The molecule has 0 aliphatic rings. The van der Waals surface area contributed by atoms with Gasteiger partial charge in [-0.3, -0.25) is 4.79 Å². The average molecular weight is 459 g/mol. The molecule has 32 heavy (non-hydrogen) atoms. The molecular formula is C23H27ClN4O4. The van der Waals surface area contributed by atoms with Crippen molar-refractivity contribution in [1.82, 2.24) is 9.97 Å². The quantitative estimate of drug-likeness (QED) is 0.503. The maximum absolute atomic E-state index is 12.4. The number of aliphatic hydroxyl groups excluding tert-OH is 1. The Kier molecular flexibility index (Phi) is 7.71. The molecule has 3 rings (SSSR count). The maximum Gasteiger partial charge on any atom is 0.226 e. The molecule has 2 aromatic carbocycles. The third-order valence-corrected chi connectivity index (χ3v) is 5.53. The molecule has 0 atom stereocenters. The van der Waals surface area contributed by atoms with Gasteiger partial charge >= 0.3 is 0 Å². The Morgan fingerprint density at radius 2 is 2.00 bits per heavy atom. The lowest BCUT2D eigenvalue weighted by Gasteiger charge is -2.23. The molecule has 2 N–H and O–H groups in total. The molecule has 8 nitrogen and oxygen atoms in total. The molecule has 0 aliphatic heterocycles. The summed E-state index contributed by atoms with van der Waals surface area (Å²) in [6.07, 6.45) is 2.14. The number of anilines is 2. The van der Waals surface area contributed by atoms with Gasteiger partial charge in [0.25, 0.3) is 0 Å². The molecule has 170 valence electrons. The fourth-order valence-electron chi connectivity index (χ4n) is 3.58. The molecule has 0 saturated carbocycles. The van der Waals surface area contributed by atoms with Gasteiger partial charge in [0.15, 0.2) is 0 Å². The van der Waals surface area contributed by atoms with Crippen LogP contribution in [0.1, 0.15) is 24.5 Å². The molecule has 1 heterocycles. The second-order valence-corrected chi connectivity index (χ2v) is 7.54. The van der Waals surface area contributed by atoms with E-state index in [0.717, 1.165) is 16.5 Å². The highest BCUT2D eigenvalue weighted by atomic mass is 35.5. The van der Waals surface area contributed by atoms with E-state index in [9.17, 15) is 9.90 Å². The summed E-state index contributed by atoms with van der Waals surface area (Å²) in [5, 5.41) is 14.2.